The SMILES string of the molecule is C#CCN([C@@H](C#Cc1cccc(Br)c1)CCO[Si](c1ccccc1)(c1ccccc1)C(C)(C)C)[S+]([O-])CCCC. The Hall–Kier alpha value is -2.29. The topological polar surface area (TPSA) is 35.5 Å². The normalized spacial score (nSPS) is 13.2. The zero-order chi connectivity index (χ0) is 29.0. The van der Waals surface area contributed by atoms with E-state index >= 15 is 0 Å². The van der Waals surface area contributed by atoms with Crippen molar-refractivity contribution in [2.75, 3.05) is 18.9 Å². The van der Waals surface area contributed by atoms with Crippen molar-refractivity contribution < 1.29 is 8.98 Å². The first-order valence-corrected chi connectivity index (χ1v) is 17.8. The van der Waals surface area contributed by atoms with Crippen LogP contribution in [0.2, 0.25) is 5.04 Å². The van der Waals surface area contributed by atoms with Gasteiger partial charge in [0.05, 0.1) is 0 Å². The summed E-state index contributed by atoms with van der Waals surface area (Å²) in [5, 5.41) is 2.34. The van der Waals surface area contributed by atoms with Crippen molar-refractivity contribution in [1.29, 1.82) is 0 Å². The van der Waals surface area contributed by atoms with Crippen molar-refractivity contribution in [3.05, 3.63) is 95.0 Å². The van der Waals surface area contributed by atoms with E-state index < -0.39 is 19.7 Å². The molecule has 3 aromatic rings. The van der Waals surface area contributed by atoms with E-state index in [2.05, 4.69) is 110 Å². The van der Waals surface area contributed by atoms with E-state index in [0.717, 1.165) is 22.9 Å². The molecule has 40 heavy (non-hydrogen) atoms. The van der Waals surface area contributed by atoms with E-state index in [0.29, 0.717) is 18.8 Å². The average Bonchev–Trinajstić information content (AvgIpc) is 2.95. The molecule has 0 aliphatic heterocycles. The zero-order valence-corrected chi connectivity index (χ0v) is 27.4. The third kappa shape index (κ3) is 8.36. The van der Waals surface area contributed by atoms with E-state index in [-0.39, 0.29) is 17.6 Å². The predicted molar refractivity (Wildman–Crippen MR) is 176 cm³/mol. The first-order chi connectivity index (χ1) is 19.2. The standard InChI is InChI=1S/C34H40BrNO2SSi/c1-6-8-27-39(37)36(25-7-2)31(23-22-29-16-15-17-30(35)28-29)24-26-38-40(34(3,4)5,32-18-11-9-12-19-32)33-20-13-10-14-21-33/h2,9-21,28,31H,6,8,24-27H2,1,3-5H3/t31-,39?/m0/s1. The molecule has 1 unspecified atom stereocenters. The van der Waals surface area contributed by atoms with Crippen LogP contribution in [0.3, 0.4) is 0 Å². The molecule has 0 saturated carbocycles. The molecule has 0 aliphatic carbocycles. The average molecular weight is 635 g/mol. The molecule has 0 saturated heterocycles. The molecule has 3 aromatic carbocycles. The van der Waals surface area contributed by atoms with E-state index in [1.54, 1.807) is 0 Å². The Morgan fingerprint density at radius 3 is 2.15 bits per heavy atom. The molecule has 0 radical (unpaired) electrons. The highest BCUT2D eigenvalue weighted by atomic mass is 79.9. The number of terminal acetylenes is 1. The smallest absolute Gasteiger partial charge is 0.261 e. The lowest BCUT2D eigenvalue weighted by molar-refractivity contribution is 0.260. The van der Waals surface area contributed by atoms with E-state index in [9.17, 15) is 4.55 Å². The number of halogens is 1. The van der Waals surface area contributed by atoms with Gasteiger partial charge in [-0.05, 0) is 40.0 Å². The number of rotatable bonds is 12. The van der Waals surface area contributed by atoms with Gasteiger partial charge in [0.1, 0.15) is 18.3 Å². The van der Waals surface area contributed by atoms with Crippen LogP contribution in [0.25, 0.3) is 0 Å². The predicted octanol–water partition coefficient (Wildman–Crippen LogP) is 6.53. The molecule has 0 aromatic heterocycles. The van der Waals surface area contributed by atoms with Crippen LogP contribution in [0.4, 0.5) is 0 Å². The van der Waals surface area contributed by atoms with Gasteiger partial charge in [-0.1, -0.05) is 135 Å². The summed E-state index contributed by atoms with van der Waals surface area (Å²) in [6.45, 7) is 9.66. The highest BCUT2D eigenvalue weighted by Gasteiger charge is 2.50. The third-order valence-corrected chi connectivity index (χ3v) is 13.9. The Kier molecular flexibility index (Phi) is 12.6. The lowest BCUT2D eigenvalue weighted by Crippen LogP contribution is -2.66. The summed E-state index contributed by atoms with van der Waals surface area (Å²) in [4.78, 5) is 0. The molecule has 6 heteroatoms. The Morgan fingerprint density at radius 1 is 1.00 bits per heavy atom. The van der Waals surface area contributed by atoms with Crippen LogP contribution in [0, 0.1) is 24.2 Å². The number of benzene rings is 3. The fraction of sp³-hybridized carbons (Fsp3) is 0.353. The van der Waals surface area contributed by atoms with Crippen LogP contribution in [-0.4, -0.2) is 42.1 Å². The first-order valence-electron chi connectivity index (χ1n) is 13.8. The Balaban J connectivity index is 1.99. The minimum atomic E-state index is -2.70. The fourth-order valence-corrected chi connectivity index (χ4v) is 11.3. The van der Waals surface area contributed by atoms with Crippen LogP contribution in [-0.2, 0) is 15.8 Å². The van der Waals surface area contributed by atoms with Crippen LogP contribution in [0.1, 0.15) is 52.5 Å². The number of hydrogen-bond donors (Lipinski definition) is 0. The van der Waals surface area contributed by atoms with Crippen molar-refractivity contribution in [2.24, 2.45) is 0 Å². The van der Waals surface area contributed by atoms with Crippen LogP contribution in [0.5, 0.6) is 0 Å². The number of hydrogen-bond acceptors (Lipinski definition) is 3. The maximum Gasteiger partial charge on any atom is 0.261 e. The van der Waals surface area contributed by atoms with Crippen molar-refractivity contribution >= 4 is 46.0 Å². The molecule has 0 N–H and O–H groups in total. The summed E-state index contributed by atoms with van der Waals surface area (Å²) >= 11 is 2.30. The largest absolute Gasteiger partial charge is 0.598 e. The lowest BCUT2D eigenvalue weighted by Gasteiger charge is -2.43. The van der Waals surface area contributed by atoms with Crippen molar-refractivity contribution in [2.45, 2.75) is 58.0 Å². The van der Waals surface area contributed by atoms with Gasteiger partial charge in [-0.3, -0.25) is 0 Å². The summed E-state index contributed by atoms with van der Waals surface area (Å²) < 4.78 is 23.4. The van der Waals surface area contributed by atoms with Crippen molar-refractivity contribution in [3.8, 4) is 24.2 Å². The maximum atomic E-state index is 13.4. The zero-order valence-electron chi connectivity index (χ0n) is 24.0. The maximum absolute atomic E-state index is 13.4. The first kappa shape index (κ1) is 32.2. The Morgan fingerprint density at radius 2 is 1.62 bits per heavy atom. The summed E-state index contributed by atoms with van der Waals surface area (Å²) in [7, 11) is -2.70. The molecule has 0 spiro atoms. The molecule has 0 amide bonds. The number of nitrogens with zero attached hydrogens (tertiary/aromatic N) is 1. The molecule has 3 rings (SSSR count). The molecular weight excluding hydrogens is 594 g/mol. The van der Waals surface area contributed by atoms with Gasteiger partial charge in [-0.15, -0.1) is 10.7 Å². The van der Waals surface area contributed by atoms with Crippen LogP contribution < -0.4 is 10.4 Å². The molecular formula is C34H40BrNO2SSi. The molecule has 0 aliphatic rings. The molecule has 0 fully saturated rings. The van der Waals surface area contributed by atoms with Gasteiger partial charge in [0, 0.05) is 34.4 Å². The summed E-state index contributed by atoms with van der Waals surface area (Å²) in [5.74, 6) is 10.0. The highest BCUT2D eigenvalue weighted by molar-refractivity contribution is 9.10. The van der Waals surface area contributed by atoms with E-state index in [1.807, 2.05) is 40.7 Å². The number of unbranched alkanes of at least 4 members (excludes halogenated alkanes) is 1. The van der Waals surface area contributed by atoms with E-state index in [4.69, 9.17) is 10.8 Å². The van der Waals surface area contributed by atoms with Crippen LogP contribution >= 0.6 is 15.9 Å². The van der Waals surface area contributed by atoms with Gasteiger partial charge >= 0.3 is 0 Å². The summed E-state index contributed by atoms with van der Waals surface area (Å²) in [6.07, 6.45) is 8.20. The minimum Gasteiger partial charge on any atom is -0.598 e. The molecule has 3 nitrogen and oxygen atoms in total. The van der Waals surface area contributed by atoms with Crippen LogP contribution in [0.15, 0.2) is 89.4 Å². The van der Waals surface area contributed by atoms with Gasteiger partial charge in [-0.25, -0.2) is 0 Å². The molecule has 2 atom stereocenters. The summed E-state index contributed by atoms with van der Waals surface area (Å²) in [5.41, 5.74) is 0.896. The van der Waals surface area contributed by atoms with Crippen molar-refractivity contribution in [1.82, 2.24) is 4.31 Å². The fourth-order valence-electron chi connectivity index (χ4n) is 4.91. The summed E-state index contributed by atoms with van der Waals surface area (Å²) in [6, 6.07) is 28.8. The Labute approximate surface area is 254 Å². The second kappa shape index (κ2) is 15.6. The second-order valence-electron chi connectivity index (χ2n) is 10.8. The lowest BCUT2D eigenvalue weighted by atomic mass is 10.1. The molecule has 0 heterocycles. The highest BCUT2D eigenvalue weighted by Crippen LogP contribution is 2.37. The van der Waals surface area contributed by atoms with Gasteiger partial charge in [0.25, 0.3) is 8.32 Å². The minimum absolute atomic E-state index is 0.129. The Bertz CT molecular complexity index is 1260. The van der Waals surface area contributed by atoms with E-state index in [1.165, 1.54) is 10.4 Å². The second-order valence-corrected chi connectivity index (χ2v) is 17.5. The van der Waals surface area contributed by atoms with Gasteiger partial charge in [-0.2, -0.15) is 0 Å². The van der Waals surface area contributed by atoms with Gasteiger partial charge in [0.2, 0.25) is 0 Å². The molecule has 0 bridgehead atoms. The van der Waals surface area contributed by atoms with Gasteiger partial charge in [0.15, 0.2) is 0 Å². The van der Waals surface area contributed by atoms with Crippen molar-refractivity contribution in [3.63, 3.8) is 0 Å². The monoisotopic (exact) mass is 633 g/mol. The quantitative estimate of drug-likeness (QED) is 0.129. The third-order valence-electron chi connectivity index (χ3n) is 6.86. The van der Waals surface area contributed by atoms with Gasteiger partial charge < -0.3 is 8.98 Å². The molecule has 210 valence electrons.